The minimum Gasteiger partial charge on any atom is -0.462 e. The normalized spacial score (nSPS) is 12.4. The van der Waals surface area contributed by atoms with Crippen molar-refractivity contribution in [1.29, 1.82) is 0 Å². The summed E-state index contributed by atoms with van der Waals surface area (Å²) in [6, 6.07) is 0. The summed E-state index contributed by atoms with van der Waals surface area (Å²) < 4.78 is 16.9. The highest BCUT2D eigenvalue weighted by molar-refractivity contribution is 5.71. The van der Waals surface area contributed by atoms with Gasteiger partial charge in [0.2, 0.25) is 0 Å². The molecule has 0 bridgehead atoms. The number of unbranched alkanes of at least 4 members (excludes halogenated alkanes) is 36. The van der Waals surface area contributed by atoms with Crippen molar-refractivity contribution in [1.82, 2.24) is 0 Å². The average Bonchev–Trinajstić information content (AvgIpc) is 3.38. The molecule has 418 valence electrons. The van der Waals surface area contributed by atoms with Gasteiger partial charge in [-0.1, -0.05) is 274 Å². The molecule has 0 heterocycles. The molecular formula is C66H118O6. The fraction of sp³-hybridized carbons (Fsp3) is 0.803. The number of hydrogen-bond acceptors (Lipinski definition) is 6. The van der Waals surface area contributed by atoms with E-state index in [0.29, 0.717) is 19.3 Å². The molecule has 1 unspecified atom stereocenters. The molecule has 0 aliphatic rings. The number of carbonyl (C=O) groups is 3. The second kappa shape index (κ2) is 60.7. The van der Waals surface area contributed by atoms with Gasteiger partial charge in [0, 0.05) is 19.3 Å². The van der Waals surface area contributed by atoms with Crippen LogP contribution in [0.25, 0.3) is 0 Å². The van der Waals surface area contributed by atoms with Crippen LogP contribution < -0.4 is 0 Å². The fourth-order valence-corrected chi connectivity index (χ4v) is 9.01. The number of carbonyl (C=O) groups excluding carboxylic acids is 3. The zero-order valence-electron chi connectivity index (χ0n) is 47.9. The highest BCUT2D eigenvalue weighted by Crippen LogP contribution is 2.17. The van der Waals surface area contributed by atoms with Gasteiger partial charge in [-0.3, -0.25) is 14.4 Å². The Morgan fingerprint density at radius 2 is 0.500 bits per heavy atom. The van der Waals surface area contributed by atoms with E-state index in [4.69, 9.17) is 14.2 Å². The van der Waals surface area contributed by atoms with Crippen molar-refractivity contribution in [3.8, 4) is 0 Å². The van der Waals surface area contributed by atoms with Crippen molar-refractivity contribution in [2.45, 2.75) is 329 Å². The van der Waals surface area contributed by atoms with Crippen molar-refractivity contribution < 1.29 is 28.6 Å². The predicted octanol–water partition coefficient (Wildman–Crippen LogP) is 21.2. The van der Waals surface area contributed by atoms with Crippen LogP contribution in [0, 0.1) is 0 Å². The van der Waals surface area contributed by atoms with Gasteiger partial charge >= 0.3 is 17.9 Å². The highest BCUT2D eigenvalue weighted by atomic mass is 16.6. The molecule has 0 amide bonds. The van der Waals surface area contributed by atoms with Crippen LogP contribution in [0.15, 0.2) is 60.8 Å². The number of hydrogen-bond donors (Lipinski definition) is 0. The van der Waals surface area contributed by atoms with Gasteiger partial charge in [0.25, 0.3) is 0 Å². The first-order valence-electron chi connectivity index (χ1n) is 31.3. The Balaban J connectivity index is 4.38. The van der Waals surface area contributed by atoms with E-state index < -0.39 is 6.10 Å². The Kier molecular flexibility index (Phi) is 58.2. The zero-order valence-corrected chi connectivity index (χ0v) is 47.9. The molecule has 1 atom stereocenters. The lowest BCUT2D eigenvalue weighted by atomic mass is 10.0. The third-order valence-corrected chi connectivity index (χ3v) is 13.7. The van der Waals surface area contributed by atoms with E-state index in [0.717, 1.165) is 83.5 Å². The van der Waals surface area contributed by atoms with Crippen LogP contribution in [0.2, 0.25) is 0 Å². The van der Waals surface area contributed by atoms with Gasteiger partial charge in [-0.2, -0.15) is 0 Å². The molecule has 0 rings (SSSR count). The lowest BCUT2D eigenvalue weighted by Gasteiger charge is -2.18. The van der Waals surface area contributed by atoms with E-state index in [2.05, 4.69) is 81.5 Å². The third-order valence-electron chi connectivity index (χ3n) is 13.7. The van der Waals surface area contributed by atoms with Crippen LogP contribution in [0.1, 0.15) is 323 Å². The first kappa shape index (κ1) is 69.1. The molecule has 0 spiro atoms. The monoisotopic (exact) mass is 1010 g/mol. The minimum absolute atomic E-state index is 0.0771. The molecule has 0 aromatic rings. The van der Waals surface area contributed by atoms with Crippen molar-refractivity contribution in [3.63, 3.8) is 0 Å². The van der Waals surface area contributed by atoms with E-state index in [9.17, 15) is 14.4 Å². The molecule has 0 saturated carbocycles. The van der Waals surface area contributed by atoms with Crippen LogP contribution in [-0.2, 0) is 28.6 Å². The molecular weight excluding hydrogens is 889 g/mol. The maximum absolute atomic E-state index is 12.9. The summed E-state index contributed by atoms with van der Waals surface area (Å²) in [7, 11) is 0. The smallest absolute Gasteiger partial charge is 0.306 e. The molecule has 0 aromatic heterocycles. The maximum Gasteiger partial charge on any atom is 0.306 e. The van der Waals surface area contributed by atoms with Gasteiger partial charge in [0.15, 0.2) is 6.10 Å². The van der Waals surface area contributed by atoms with Crippen LogP contribution >= 0.6 is 0 Å². The van der Waals surface area contributed by atoms with Gasteiger partial charge in [0.05, 0.1) is 0 Å². The Labute approximate surface area is 447 Å². The van der Waals surface area contributed by atoms with Crippen LogP contribution in [0.3, 0.4) is 0 Å². The maximum atomic E-state index is 12.9. The second-order valence-corrected chi connectivity index (χ2v) is 21.0. The van der Waals surface area contributed by atoms with Crippen molar-refractivity contribution in [3.05, 3.63) is 60.8 Å². The molecule has 6 heteroatoms. The molecule has 0 aromatic carbocycles. The Bertz CT molecular complexity index is 1290. The van der Waals surface area contributed by atoms with E-state index in [1.54, 1.807) is 0 Å². The van der Waals surface area contributed by atoms with Gasteiger partial charge in [-0.05, 0) is 89.9 Å². The van der Waals surface area contributed by atoms with E-state index in [1.807, 2.05) is 0 Å². The molecule has 6 nitrogen and oxygen atoms in total. The molecule has 0 radical (unpaired) electrons. The summed E-state index contributed by atoms with van der Waals surface area (Å²) in [6.07, 6.45) is 76.4. The minimum atomic E-state index is -0.781. The number of allylic oxidation sites excluding steroid dienone is 10. The van der Waals surface area contributed by atoms with Crippen molar-refractivity contribution in [2.24, 2.45) is 0 Å². The summed E-state index contributed by atoms with van der Waals surface area (Å²) in [4.78, 5) is 38.3. The van der Waals surface area contributed by atoms with Crippen LogP contribution in [0.4, 0.5) is 0 Å². The number of ether oxygens (including phenoxy) is 3. The fourth-order valence-electron chi connectivity index (χ4n) is 9.01. The summed E-state index contributed by atoms with van der Waals surface area (Å²) >= 11 is 0. The summed E-state index contributed by atoms with van der Waals surface area (Å²) in [5, 5.41) is 0. The number of rotatable bonds is 57. The second-order valence-electron chi connectivity index (χ2n) is 21.0. The predicted molar refractivity (Wildman–Crippen MR) is 312 cm³/mol. The molecule has 72 heavy (non-hydrogen) atoms. The molecule has 0 N–H and O–H groups in total. The van der Waals surface area contributed by atoms with Gasteiger partial charge in [0.1, 0.15) is 13.2 Å². The first-order chi connectivity index (χ1) is 35.5. The van der Waals surface area contributed by atoms with Gasteiger partial charge < -0.3 is 14.2 Å². The first-order valence-corrected chi connectivity index (χ1v) is 31.3. The Hall–Kier alpha value is -2.89. The van der Waals surface area contributed by atoms with Crippen molar-refractivity contribution >= 4 is 17.9 Å². The summed E-state index contributed by atoms with van der Waals surface area (Å²) in [5.74, 6) is -0.877. The number of esters is 3. The molecule has 0 saturated heterocycles. The standard InChI is InChI=1S/C66H118O6/c1-4-7-10-13-16-19-22-25-28-31-33-35-38-41-44-47-50-53-56-59-65(68)71-62-63(61-70-64(67)58-55-52-49-46-43-40-37-30-27-24-21-18-15-12-9-6-3)72-66(69)60-57-54-51-48-45-42-39-36-34-32-29-26-23-20-17-14-11-8-5-2/h16-17,19-20,25-26,28-29,33,35,63H,4-15,18,21-24,27,30-32,34,36-62H2,1-3H3/b19-16-,20-17-,28-25-,29-26-,35-33-. The molecule has 0 fully saturated rings. The Morgan fingerprint density at radius 1 is 0.278 bits per heavy atom. The van der Waals surface area contributed by atoms with Gasteiger partial charge in [-0.15, -0.1) is 0 Å². The van der Waals surface area contributed by atoms with E-state index in [-0.39, 0.29) is 31.1 Å². The largest absolute Gasteiger partial charge is 0.462 e. The van der Waals surface area contributed by atoms with E-state index >= 15 is 0 Å². The summed E-state index contributed by atoms with van der Waals surface area (Å²) in [6.45, 7) is 6.62. The molecule has 0 aliphatic heterocycles. The quantitative estimate of drug-likeness (QED) is 0.0261. The molecule has 0 aliphatic carbocycles. The zero-order chi connectivity index (χ0) is 52.2. The highest BCUT2D eigenvalue weighted by Gasteiger charge is 2.19. The third kappa shape index (κ3) is 58.0. The van der Waals surface area contributed by atoms with Crippen molar-refractivity contribution in [2.75, 3.05) is 13.2 Å². The van der Waals surface area contributed by atoms with Gasteiger partial charge in [-0.25, -0.2) is 0 Å². The summed E-state index contributed by atoms with van der Waals surface area (Å²) in [5.41, 5.74) is 0. The lowest BCUT2D eigenvalue weighted by molar-refractivity contribution is -0.167. The topological polar surface area (TPSA) is 78.9 Å². The average molecular weight is 1010 g/mol. The SMILES string of the molecule is CCCCC/C=C\C/C=C\C/C=C\CCCCCCCCC(=O)OCC(COC(=O)CCCCCCCCCCCCCCCCCC)OC(=O)CCCCCCCCCCC/C=C\C/C=C\CCCCC. The van der Waals surface area contributed by atoms with Crippen LogP contribution in [0.5, 0.6) is 0 Å². The Morgan fingerprint density at radius 3 is 0.806 bits per heavy atom. The van der Waals surface area contributed by atoms with E-state index in [1.165, 1.54) is 199 Å². The lowest BCUT2D eigenvalue weighted by Crippen LogP contribution is -2.30. The van der Waals surface area contributed by atoms with Crippen LogP contribution in [-0.4, -0.2) is 37.2 Å².